The number of nitrogen functional groups attached to an aromatic ring is 1. The molecule has 1 unspecified atom stereocenters. The number of anilines is 2. The van der Waals surface area contributed by atoms with Crippen molar-refractivity contribution >= 4 is 28.3 Å². The molecule has 1 fully saturated rings. The minimum absolute atomic E-state index is 0.176. The van der Waals surface area contributed by atoms with Crippen molar-refractivity contribution in [2.24, 2.45) is 5.92 Å². The van der Waals surface area contributed by atoms with E-state index in [1.807, 2.05) is 0 Å². The summed E-state index contributed by atoms with van der Waals surface area (Å²) in [6, 6.07) is 0.403. The highest BCUT2D eigenvalue weighted by atomic mass is 32.1. The summed E-state index contributed by atoms with van der Waals surface area (Å²) in [5.41, 5.74) is 6.23. The van der Waals surface area contributed by atoms with Crippen LogP contribution < -0.4 is 16.4 Å². The Kier molecular flexibility index (Phi) is 4.06. The standard InChI is InChI=1S/C12H20N4OS/c1-3-8(6-7-4-5-7)15-12-9(11(17)14-2)10(13)16-18-12/h7-8,15H,3-6H2,1-2H3,(H2,13,16)(H,14,17). The van der Waals surface area contributed by atoms with Crippen LogP contribution in [0.1, 0.15) is 43.0 Å². The molecule has 1 atom stereocenters. The van der Waals surface area contributed by atoms with Crippen LogP contribution in [0, 0.1) is 5.92 Å². The van der Waals surface area contributed by atoms with Crippen molar-refractivity contribution in [1.82, 2.24) is 9.69 Å². The first-order chi connectivity index (χ1) is 8.65. The van der Waals surface area contributed by atoms with Crippen LogP contribution in [0.3, 0.4) is 0 Å². The van der Waals surface area contributed by atoms with Gasteiger partial charge in [0.25, 0.3) is 5.91 Å². The average molecular weight is 268 g/mol. The molecule has 0 bridgehead atoms. The first-order valence-electron chi connectivity index (χ1n) is 6.39. The van der Waals surface area contributed by atoms with Crippen molar-refractivity contribution in [2.45, 2.75) is 38.6 Å². The minimum Gasteiger partial charge on any atom is -0.382 e. The van der Waals surface area contributed by atoms with Crippen LogP contribution in [0.2, 0.25) is 0 Å². The zero-order valence-corrected chi connectivity index (χ0v) is 11.6. The van der Waals surface area contributed by atoms with E-state index in [2.05, 4.69) is 21.9 Å². The Bertz CT molecular complexity index is 428. The van der Waals surface area contributed by atoms with Gasteiger partial charge in [-0.15, -0.1) is 0 Å². The Labute approximate surface area is 111 Å². The van der Waals surface area contributed by atoms with Crippen LogP contribution in [-0.2, 0) is 0 Å². The van der Waals surface area contributed by atoms with Gasteiger partial charge in [0.05, 0.1) is 0 Å². The average Bonchev–Trinajstić information content (AvgIpc) is 3.11. The molecular weight excluding hydrogens is 248 g/mol. The molecule has 1 heterocycles. The molecule has 18 heavy (non-hydrogen) atoms. The highest BCUT2D eigenvalue weighted by Gasteiger charge is 2.26. The lowest BCUT2D eigenvalue weighted by Crippen LogP contribution is -2.23. The predicted molar refractivity (Wildman–Crippen MR) is 75.0 cm³/mol. The molecule has 4 N–H and O–H groups in total. The van der Waals surface area contributed by atoms with E-state index in [1.54, 1.807) is 7.05 Å². The third-order valence-electron chi connectivity index (χ3n) is 3.32. The summed E-state index contributed by atoms with van der Waals surface area (Å²) in [4.78, 5) is 11.8. The van der Waals surface area contributed by atoms with Gasteiger partial charge in [-0.05, 0) is 30.3 Å². The number of rotatable bonds is 6. The maximum Gasteiger partial charge on any atom is 0.257 e. The second-order valence-electron chi connectivity index (χ2n) is 4.78. The van der Waals surface area contributed by atoms with Gasteiger partial charge in [0.2, 0.25) is 0 Å². The molecule has 1 saturated carbocycles. The maximum absolute atomic E-state index is 11.8. The summed E-state index contributed by atoms with van der Waals surface area (Å²) in [6.07, 6.45) is 4.89. The van der Waals surface area contributed by atoms with Crippen molar-refractivity contribution in [3.63, 3.8) is 0 Å². The fraction of sp³-hybridized carbons (Fsp3) is 0.667. The van der Waals surface area contributed by atoms with E-state index in [0.29, 0.717) is 17.4 Å². The first kappa shape index (κ1) is 13.1. The highest BCUT2D eigenvalue weighted by Crippen LogP contribution is 2.36. The van der Waals surface area contributed by atoms with Crippen molar-refractivity contribution in [3.8, 4) is 0 Å². The summed E-state index contributed by atoms with van der Waals surface area (Å²) in [5, 5.41) is 6.81. The molecule has 6 heteroatoms. The Morgan fingerprint density at radius 3 is 2.89 bits per heavy atom. The predicted octanol–water partition coefficient (Wildman–Crippen LogP) is 2.08. The molecule has 0 spiro atoms. The van der Waals surface area contributed by atoms with Crippen molar-refractivity contribution in [2.75, 3.05) is 18.1 Å². The fourth-order valence-electron chi connectivity index (χ4n) is 2.01. The molecule has 1 aromatic rings. The lowest BCUT2D eigenvalue weighted by Gasteiger charge is -2.17. The summed E-state index contributed by atoms with van der Waals surface area (Å²) in [6.45, 7) is 2.16. The molecule has 100 valence electrons. The van der Waals surface area contributed by atoms with Gasteiger partial charge in [-0.1, -0.05) is 19.8 Å². The van der Waals surface area contributed by atoms with Gasteiger partial charge >= 0.3 is 0 Å². The van der Waals surface area contributed by atoms with Crippen LogP contribution in [0.15, 0.2) is 0 Å². The molecule has 0 radical (unpaired) electrons. The van der Waals surface area contributed by atoms with E-state index in [9.17, 15) is 4.79 Å². The lowest BCUT2D eigenvalue weighted by atomic mass is 10.1. The Balaban J connectivity index is 2.09. The van der Waals surface area contributed by atoms with Gasteiger partial charge in [0.15, 0.2) is 5.82 Å². The lowest BCUT2D eigenvalue weighted by molar-refractivity contribution is 0.0965. The summed E-state index contributed by atoms with van der Waals surface area (Å²) in [5.74, 6) is 0.990. The van der Waals surface area contributed by atoms with Gasteiger partial charge in [-0.2, -0.15) is 4.37 Å². The topological polar surface area (TPSA) is 80.0 Å². The number of amides is 1. The van der Waals surface area contributed by atoms with E-state index >= 15 is 0 Å². The number of carbonyl (C=O) groups is 1. The number of hydrogen-bond acceptors (Lipinski definition) is 5. The molecular formula is C12H20N4OS. The number of carbonyl (C=O) groups excluding carboxylic acids is 1. The largest absolute Gasteiger partial charge is 0.382 e. The second kappa shape index (κ2) is 5.56. The van der Waals surface area contributed by atoms with E-state index in [1.165, 1.54) is 30.8 Å². The van der Waals surface area contributed by atoms with E-state index < -0.39 is 0 Å². The fourth-order valence-corrected chi connectivity index (χ4v) is 2.80. The Hall–Kier alpha value is -1.30. The Morgan fingerprint density at radius 2 is 2.33 bits per heavy atom. The molecule has 1 aliphatic carbocycles. The third-order valence-corrected chi connectivity index (χ3v) is 4.11. The van der Waals surface area contributed by atoms with E-state index in [-0.39, 0.29) is 5.91 Å². The van der Waals surface area contributed by atoms with Crippen LogP contribution in [-0.4, -0.2) is 23.4 Å². The van der Waals surface area contributed by atoms with Gasteiger partial charge in [-0.25, -0.2) is 0 Å². The molecule has 0 aliphatic heterocycles. The smallest absolute Gasteiger partial charge is 0.257 e. The molecule has 2 rings (SSSR count). The zero-order valence-electron chi connectivity index (χ0n) is 10.8. The maximum atomic E-state index is 11.8. The van der Waals surface area contributed by atoms with E-state index in [4.69, 9.17) is 5.73 Å². The van der Waals surface area contributed by atoms with Gasteiger partial charge < -0.3 is 16.4 Å². The van der Waals surface area contributed by atoms with Gasteiger partial charge in [0, 0.05) is 13.1 Å². The van der Waals surface area contributed by atoms with Crippen molar-refractivity contribution < 1.29 is 4.79 Å². The zero-order chi connectivity index (χ0) is 13.1. The SMILES string of the molecule is CCC(CC1CC1)Nc1snc(N)c1C(=O)NC. The van der Waals surface area contributed by atoms with Crippen LogP contribution in [0.5, 0.6) is 0 Å². The number of hydrogen-bond donors (Lipinski definition) is 3. The third kappa shape index (κ3) is 2.93. The molecule has 1 aliphatic rings. The number of nitrogens with two attached hydrogens (primary N) is 1. The first-order valence-corrected chi connectivity index (χ1v) is 7.16. The monoisotopic (exact) mass is 268 g/mol. The molecule has 5 nitrogen and oxygen atoms in total. The summed E-state index contributed by atoms with van der Waals surface area (Å²) >= 11 is 1.26. The van der Waals surface area contributed by atoms with Crippen molar-refractivity contribution in [1.29, 1.82) is 0 Å². The van der Waals surface area contributed by atoms with Gasteiger partial charge in [0.1, 0.15) is 10.6 Å². The molecule has 1 amide bonds. The number of aromatic nitrogens is 1. The summed E-state index contributed by atoms with van der Waals surface area (Å²) < 4.78 is 4.06. The number of nitrogens with one attached hydrogen (secondary N) is 2. The summed E-state index contributed by atoms with van der Waals surface area (Å²) in [7, 11) is 1.60. The molecule has 0 aromatic carbocycles. The number of nitrogens with zero attached hydrogens (tertiary/aromatic N) is 1. The second-order valence-corrected chi connectivity index (χ2v) is 5.55. The minimum atomic E-state index is -0.176. The van der Waals surface area contributed by atoms with Crippen molar-refractivity contribution in [3.05, 3.63) is 5.56 Å². The van der Waals surface area contributed by atoms with Crippen LogP contribution >= 0.6 is 11.5 Å². The Morgan fingerprint density at radius 1 is 1.61 bits per heavy atom. The molecule has 0 saturated heterocycles. The quantitative estimate of drug-likeness (QED) is 0.738. The normalized spacial score (nSPS) is 16.3. The molecule has 1 aromatic heterocycles. The van der Waals surface area contributed by atoms with Crippen LogP contribution in [0.4, 0.5) is 10.8 Å². The van der Waals surface area contributed by atoms with Crippen LogP contribution in [0.25, 0.3) is 0 Å². The van der Waals surface area contributed by atoms with Gasteiger partial charge in [-0.3, -0.25) is 4.79 Å². The van der Waals surface area contributed by atoms with E-state index in [0.717, 1.165) is 17.3 Å². The highest BCUT2D eigenvalue weighted by molar-refractivity contribution is 7.11.